The first-order chi connectivity index (χ1) is 16.1. The van der Waals surface area contributed by atoms with Crippen LogP contribution in [0.2, 0.25) is 0 Å². The number of fused-ring (bicyclic) bond motifs is 1. The van der Waals surface area contributed by atoms with Gasteiger partial charge < -0.3 is 10.4 Å². The fourth-order valence-corrected chi connectivity index (χ4v) is 3.60. The van der Waals surface area contributed by atoms with Crippen molar-refractivity contribution in [3.8, 4) is 17.0 Å². The Kier molecular flexibility index (Phi) is 6.03. The minimum absolute atomic E-state index is 0.236. The van der Waals surface area contributed by atoms with Crippen LogP contribution >= 0.6 is 0 Å². The number of nitrogens with one attached hydrogen (secondary N) is 2. The molecule has 3 N–H and O–H groups in total. The molecule has 7 heteroatoms. The third kappa shape index (κ3) is 4.88. The van der Waals surface area contributed by atoms with Crippen LogP contribution in [0.25, 0.3) is 28.0 Å². The first-order valence-electron chi connectivity index (χ1n) is 10.9. The molecule has 0 aliphatic heterocycles. The number of carbonyl (C=O) groups is 1. The summed E-state index contributed by atoms with van der Waals surface area (Å²) in [7, 11) is 0. The Labute approximate surface area is 198 Å². The topological polar surface area (TPSA) is 100 Å². The molecule has 0 bridgehead atoms. The third-order valence-electron chi connectivity index (χ3n) is 5.35. The van der Waals surface area contributed by atoms with Crippen molar-refractivity contribution < 1.29 is 9.90 Å². The molecule has 2 aromatic heterocycles. The number of para-hydroxylation sites is 1. The summed E-state index contributed by atoms with van der Waals surface area (Å²) in [5, 5.41) is 16.3. The second kappa shape index (κ2) is 8.94. The molecular weight excluding hydrogens is 426 g/mol. The summed E-state index contributed by atoms with van der Waals surface area (Å²) in [5.41, 5.74) is 5.18. The predicted octanol–water partition coefficient (Wildman–Crippen LogP) is 6.37. The number of benzene rings is 2. The van der Waals surface area contributed by atoms with E-state index in [4.69, 9.17) is 4.98 Å². The highest BCUT2D eigenvalue weighted by molar-refractivity contribution is 5.99. The quantitative estimate of drug-likeness (QED) is 0.333. The molecule has 2 amide bonds. The lowest BCUT2D eigenvalue weighted by Crippen LogP contribution is -2.20. The Morgan fingerprint density at radius 2 is 1.74 bits per heavy atom. The van der Waals surface area contributed by atoms with Crippen LogP contribution < -0.4 is 10.6 Å². The van der Waals surface area contributed by atoms with Crippen LogP contribution in [0.15, 0.2) is 67.4 Å². The van der Waals surface area contributed by atoms with E-state index in [1.165, 1.54) is 6.20 Å². The Morgan fingerprint density at radius 1 is 1.00 bits per heavy atom. The SMILES string of the molecule is C=C(C)c1cc(-c2ccc3ncc(NC(=O)Nc4ccccc4)nc3n2)cc(C(C)(C)C)c1O. The Morgan fingerprint density at radius 3 is 2.41 bits per heavy atom. The smallest absolute Gasteiger partial charge is 0.324 e. The van der Waals surface area contributed by atoms with Crippen LogP contribution in [-0.4, -0.2) is 26.1 Å². The zero-order valence-corrected chi connectivity index (χ0v) is 19.7. The standard InChI is InChI=1S/C27H27N5O2/c1-16(2)19-13-17(14-20(24(19)33)27(3,4)5)21-11-12-22-25(30-21)31-23(15-28-22)32-26(34)29-18-9-7-6-8-10-18/h6-15,33H,1H2,2-5H3,(H2,29,30,31,32,34). The highest BCUT2D eigenvalue weighted by Gasteiger charge is 2.22. The summed E-state index contributed by atoms with van der Waals surface area (Å²) < 4.78 is 0. The van der Waals surface area contributed by atoms with Crippen molar-refractivity contribution in [1.29, 1.82) is 0 Å². The van der Waals surface area contributed by atoms with Gasteiger partial charge in [-0.1, -0.05) is 45.5 Å². The molecule has 0 unspecified atom stereocenters. The molecule has 0 atom stereocenters. The van der Waals surface area contributed by atoms with Crippen molar-refractivity contribution in [3.63, 3.8) is 0 Å². The summed E-state index contributed by atoms with van der Waals surface area (Å²) in [6.07, 6.45) is 1.49. The van der Waals surface area contributed by atoms with Gasteiger partial charge in [0.05, 0.1) is 11.9 Å². The average Bonchev–Trinajstić information content (AvgIpc) is 2.78. The number of pyridine rings is 1. The van der Waals surface area contributed by atoms with Crippen LogP contribution in [0.5, 0.6) is 5.75 Å². The molecule has 4 aromatic rings. The first kappa shape index (κ1) is 22.9. The lowest BCUT2D eigenvalue weighted by atomic mass is 9.83. The van der Waals surface area contributed by atoms with E-state index in [-0.39, 0.29) is 17.0 Å². The second-order valence-electron chi connectivity index (χ2n) is 9.19. The number of nitrogens with zero attached hydrogens (tertiary/aromatic N) is 3. The molecular formula is C27H27N5O2. The van der Waals surface area contributed by atoms with Gasteiger partial charge >= 0.3 is 6.03 Å². The van der Waals surface area contributed by atoms with Crippen LogP contribution in [0.3, 0.4) is 0 Å². The summed E-state index contributed by atoms with van der Waals surface area (Å²) in [6, 6.07) is 16.2. The summed E-state index contributed by atoms with van der Waals surface area (Å²) in [6.45, 7) is 12.0. The minimum atomic E-state index is -0.421. The van der Waals surface area contributed by atoms with Crippen molar-refractivity contribution in [2.75, 3.05) is 10.6 Å². The van der Waals surface area contributed by atoms with Gasteiger partial charge in [0.25, 0.3) is 0 Å². The number of aromatic nitrogens is 3. The van der Waals surface area contributed by atoms with Gasteiger partial charge in [-0.25, -0.2) is 19.7 Å². The van der Waals surface area contributed by atoms with Gasteiger partial charge in [-0.3, -0.25) is 5.32 Å². The zero-order valence-electron chi connectivity index (χ0n) is 19.7. The van der Waals surface area contributed by atoms with E-state index in [1.54, 1.807) is 12.1 Å². The Balaban J connectivity index is 1.69. The number of phenols is 1. The Hall–Kier alpha value is -4.26. The number of aromatic hydroxyl groups is 1. The lowest BCUT2D eigenvalue weighted by molar-refractivity contribution is 0.262. The molecule has 34 heavy (non-hydrogen) atoms. The molecule has 2 heterocycles. The van der Waals surface area contributed by atoms with Crippen LogP contribution in [0, 0.1) is 0 Å². The van der Waals surface area contributed by atoms with Crippen LogP contribution in [0.1, 0.15) is 38.8 Å². The molecule has 0 aliphatic rings. The van der Waals surface area contributed by atoms with Gasteiger partial charge in [-0.2, -0.15) is 0 Å². The normalized spacial score (nSPS) is 11.3. The first-order valence-corrected chi connectivity index (χ1v) is 10.9. The molecule has 0 radical (unpaired) electrons. The fraction of sp³-hybridized carbons (Fsp3) is 0.185. The van der Waals surface area contributed by atoms with Crippen LogP contribution in [-0.2, 0) is 5.41 Å². The Bertz CT molecular complexity index is 1390. The van der Waals surface area contributed by atoms with E-state index in [9.17, 15) is 9.90 Å². The molecule has 4 rings (SSSR count). The number of urea groups is 1. The number of phenolic OH excluding ortho intramolecular Hbond substituents is 1. The van der Waals surface area contributed by atoms with Crippen molar-refractivity contribution in [2.24, 2.45) is 0 Å². The highest BCUT2D eigenvalue weighted by Crippen LogP contribution is 2.39. The van der Waals surface area contributed by atoms with Gasteiger partial charge in [0.2, 0.25) is 0 Å². The summed E-state index contributed by atoms with van der Waals surface area (Å²) >= 11 is 0. The number of carbonyl (C=O) groups excluding carboxylic acids is 1. The van der Waals surface area contributed by atoms with E-state index >= 15 is 0 Å². The molecule has 2 aromatic carbocycles. The van der Waals surface area contributed by atoms with E-state index in [0.717, 1.165) is 16.7 Å². The molecule has 0 fully saturated rings. The maximum atomic E-state index is 12.3. The lowest BCUT2D eigenvalue weighted by Gasteiger charge is -2.23. The molecule has 0 saturated heterocycles. The van der Waals surface area contributed by atoms with Crippen molar-refractivity contribution >= 4 is 34.3 Å². The molecule has 172 valence electrons. The number of hydrogen-bond acceptors (Lipinski definition) is 5. The maximum absolute atomic E-state index is 12.3. The van der Waals surface area contributed by atoms with Crippen molar-refractivity contribution in [2.45, 2.75) is 33.1 Å². The van der Waals surface area contributed by atoms with Crippen molar-refractivity contribution in [3.05, 3.63) is 78.5 Å². The van der Waals surface area contributed by atoms with Gasteiger partial charge in [-0.15, -0.1) is 0 Å². The number of hydrogen-bond donors (Lipinski definition) is 3. The van der Waals surface area contributed by atoms with E-state index in [0.29, 0.717) is 28.1 Å². The monoisotopic (exact) mass is 453 g/mol. The second-order valence-corrected chi connectivity index (χ2v) is 9.19. The zero-order chi connectivity index (χ0) is 24.5. The van der Waals surface area contributed by atoms with E-state index in [2.05, 4.69) is 27.2 Å². The van der Waals surface area contributed by atoms with Crippen molar-refractivity contribution in [1.82, 2.24) is 15.0 Å². The fourth-order valence-electron chi connectivity index (χ4n) is 3.60. The number of amides is 2. The highest BCUT2D eigenvalue weighted by atomic mass is 16.3. The number of rotatable bonds is 4. The molecule has 0 spiro atoms. The molecule has 7 nitrogen and oxygen atoms in total. The predicted molar refractivity (Wildman–Crippen MR) is 137 cm³/mol. The van der Waals surface area contributed by atoms with Crippen LogP contribution in [0.4, 0.5) is 16.3 Å². The average molecular weight is 454 g/mol. The molecule has 0 saturated carbocycles. The third-order valence-corrected chi connectivity index (χ3v) is 5.35. The number of allylic oxidation sites excluding steroid dienone is 1. The molecule has 0 aliphatic carbocycles. The van der Waals surface area contributed by atoms with Gasteiger partial charge in [0.15, 0.2) is 11.5 Å². The van der Waals surface area contributed by atoms with E-state index in [1.807, 2.05) is 70.2 Å². The largest absolute Gasteiger partial charge is 0.507 e. The van der Waals surface area contributed by atoms with E-state index < -0.39 is 6.03 Å². The number of anilines is 2. The van der Waals surface area contributed by atoms with Gasteiger partial charge in [-0.05, 0) is 54.3 Å². The summed E-state index contributed by atoms with van der Waals surface area (Å²) in [4.78, 5) is 25.9. The summed E-state index contributed by atoms with van der Waals surface area (Å²) in [5.74, 6) is 0.523. The van der Waals surface area contributed by atoms with Gasteiger partial charge in [0, 0.05) is 22.4 Å². The maximum Gasteiger partial charge on any atom is 0.324 e. The minimum Gasteiger partial charge on any atom is -0.507 e. The van der Waals surface area contributed by atoms with Gasteiger partial charge in [0.1, 0.15) is 11.3 Å².